The van der Waals surface area contributed by atoms with E-state index in [0.717, 1.165) is 5.56 Å². The lowest BCUT2D eigenvalue weighted by atomic mass is 10.2. The van der Waals surface area contributed by atoms with Crippen LogP contribution in [0, 0.1) is 0 Å². The number of nitrogens with two attached hydrogens (primary N) is 1. The molecule has 1 rings (SSSR count). The summed E-state index contributed by atoms with van der Waals surface area (Å²) in [7, 11) is 0. The molecule has 88 valence electrons. The van der Waals surface area contributed by atoms with Crippen LogP contribution in [0.15, 0.2) is 18.3 Å². The van der Waals surface area contributed by atoms with Crippen molar-refractivity contribution in [3.63, 3.8) is 0 Å². The fourth-order valence-corrected chi connectivity index (χ4v) is 1.37. The largest absolute Gasteiger partial charge is 0.389 e. The van der Waals surface area contributed by atoms with Crippen LogP contribution in [-0.2, 0) is 4.79 Å². The van der Waals surface area contributed by atoms with Crippen molar-refractivity contribution in [1.29, 1.82) is 0 Å². The second-order valence-corrected chi connectivity index (χ2v) is 3.61. The molecule has 0 aliphatic heterocycles. The first-order valence-electron chi connectivity index (χ1n) is 5.21. The lowest BCUT2D eigenvalue weighted by Gasteiger charge is -2.20. The van der Waals surface area contributed by atoms with Gasteiger partial charge in [-0.05, 0) is 25.5 Å². The fraction of sp³-hybridized carbons (Fsp3) is 0.455. The molecule has 1 aromatic heterocycles. The average molecular weight is 223 g/mol. The number of hydrogen-bond donors (Lipinski definition) is 2. The highest BCUT2D eigenvalue weighted by Gasteiger charge is 2.09. The molecular weight excluding hydrogens is 206 g/mol. The fourth-order valence-electron chi connectivity index (χ4n) is 1.37. The Morgan fingerprint density at radius 2 is 2.31 bits per heavy atom. The van der Waals surface area contributed by atoms with Gasteiger partial charge < -0.3 is 15.7 Å². The van der Waals surface area contributed by atoms with E-state index in [1.165, 1.54) is 0 Å². The number of amides is 1. The first kappa shape index (κ1) is 12.4. The lowest BCUT2D eigenvalue weighted by molar-refractivity contribution is -0.116. The molecule has 1 aromatic rings. The van der Waals surface area contributed by atoms with Gasteiger partial charge in [0.15, 0.2) is 0 Å². The Balaban J connectivity index is 2.82. The highest BCUT2D eigenvalue weighted by molar-refractivity contribution is 5.79. The normalized spacial score (nSPS) is 12.2. The molecule has 0 bridgehead atoms. The first-order chi connectivity index (χ1) is 7.54. The van der Waals surface area contributed by atoms with Crippen LogP contribution < -0.4 is 10.6 Å². The zero-order valence-corrected chi connectivity index (χ0v) is 9.55. The van der Waals surface area contributed by atoms with E-state index < -0.39 is 6.10 Å². The molecule has 0 aliphatic rings. The van der Waals surface area contributed by atoms with E-state index in [0.29, 0.717) is 12.4 Å². The zero-order valence-electron chi connectivity index (χ0n) is 9.55. The highest BCUT2D eigenvalue weighted by atomic mass is 16.3. The van der Waals surface area contributed by atoms with Gasteiger partial charge in [-0.2, -0.15) is 0 Å². The van der Waals surface area contributed by atoms with Gasteiger partial charge in [0.05, 0.1) is 12.6 Å². The number of nitrogens with zero attached hydrogens (tertiary/aromatic N) is 2. The molecule has 5 nitrogen and oxygen atoms in total. The molecule has 1 amide bonds. The molecule has 16 heavy (non-hydrogen) atoms. The summed E-state index contributed by atoms with van der Waals surface area (Å²) in [6, 6.07) is 3.56. The molecule has 0 aliphatic carbocycles. The number of primary amides is 1. The Hall–Kier alpha value is -1.62. The molecule has 0 radical (unpaired) electrons. The molecule has 3 N–H and O–H groups in total. The Labute approximate surface area is 94.9 Å². The van der Waals surface area contributed by atoms with Crippen molar-refractivity contribution >= 4 is 11.7 Å². The van der Waals surface area contributed by atoms with E-state index in [-0.39, 0.29) is 12.5 Å². The minimum absolute atomic E-state index is 0.150. The summed E-state index contributed by atoms with van der Waals surface area (Å²) in [6.45, 7) is 4.41. The SMILES string of the molecule is CCN(CC(N)=O)c1ccc([C@H](C)O)cn1. The van der Waals surface area contributed by atoms with Crippen LogP contribution in [-0.4, -0.2) is 29.1 Å². The Morgan fingerprint density at radius 3 is 2.69 bits per heavy atom. The summed E-state index contributed by atoms with van der Waals surface area (Å²) in [5.74, 6) is 0.300. The van der Waals surface area contributed by atoms with Gasteiger partial charge >= 0.3 is 0 Å². The number of aromatic nitrogens is 1. The van der Waals surface area contributed by atoms with Crippen LogP contribution >= 0.6 is 0 Å². The topological polar surface area (TPSA) is 79.5 Å². The maximum atomic E-state index is 10.8. The summed E-state index contributed by atoms with van der Waals surface area (Å²) in [4.78, 5) is 16.8. The number of aliphatic hydroxyl groups is 1. The van der Waals surface area contributed by atoms with Gasteiger partial charge in [-0.3, -0.25) is 4.79 Å². The smallest absolute Gasteiger partial charge is 0.236 e. The van der Waals surface area contributed by atoms with Crippen LogP contribution in [0.4, 0.5) is 5.82 Å². The number of rotatable bonds is 5. The van der Waals surface area contributed by atoms with Gasteiger partial charge in [-0.25, -0.2) is 4.98 Å². The Morgan fingerprint density at radius 1 is 1.62 bits per heavy atom. The summed E-state index contributed by atoms with van der Waals surface area (Å²) >= 11 is 0. The molecule has 5 heteroatoms. The number of likely N-dealkylation sites (N-methyl/N-ethyl adjacent to an activating group) is 1. The average Bonchev–Trinajstić information content (AvgIpc) is 2.25. The lowest BCUT2D eigenvalue weighted by Crippen LogP contribution is -2.34. The second kappa shape index (κ2) is 5.46. The predicted octanol–water partition coefficient (Wildman–Crippen LogP) is 0.446. The molecule has 0 saturated carbocycles. The van der Waals surface area contributed by atoms with Crippen molar-refractivity contribution in [2.45, 2.75) is 20.0 Å². The van der Waals surface area contributed by atoms with Gasteiger partial charge in [-0.1, -0.05) is 6.07 Å². The van der Waals surface area contributed by atoms with E-state index in [1.54, 1.807) is 30.2 Å². The van der Waals surface area contributed by atoms with Gasteiger partial charge in [0.25, 0.3) is 0 Å². The van der Waals surface area contributed by atoms with Gasteiger partial charge in [0.2, 0.25) is 5.91 Å². The van der Waals surface area contributed by atoms with Crippen molar-refractivity contribution in [2.24, 2.45) is 5.73 Å². The molecule has 1 atom stereocenters. The van der Waals surface area contributed by atoms with Crippen molar-refractivity contribution < 1.29 is 9.90 Å². The van der Waals surface area contributed by atoms with Crippen molar-refractivity contribution in [1.82, 2.24) is 4.98 Å². The standard InChI is InChI=1S/C11H17N3O2/c1-3-14(7-10(12)16)11-5-4-9(6-13-11)8(2)15/h4-6,8,15H,3,7H2,1-2H3,(H2,12,16)/t8-/m0/s1. The van der Waals surface area contributed by atoms with Crippen LogP contribution in [0.5, 0.6) is 0 Å². The monoisotopic (exact) mass is 223 g/mol. The van der Waals surface area contributed by atoms with Gasteiger partial charge in [0.1, 0.15) is 5.82 Å². The number of anilines is 1. The maximum Gasteiger partial charge on any atom is 0.236 e. The Kier molecular flexibility index (Phi) is 4.25. The third-order valence-electron chi connectivity index (χ3n) is 2.31. The van der Waals surface area contributed by atoms with E-state index >= 15 is 0 Å². The summed E-state index contributed by atoms with van der Waals surface area (Å²) in [5, 5.41) is 9.33. The molecule has 0 spiro atoms. The third kappa shape index (κ3) is 3.20. The number of carbonyl (C=O) groups is 1. The summed E-state index contributed by atoms with van der Waals surface area (Å²) < 4.78 is 0. The van der Waals surface area contributed by atoms with Crippen LogP contribution in [0.3, 0.4) is 0 Å². The third-order valence-corrected chi connectivity index (χ3v) is 2.31. The van der Waals surface area contributed by atoms with Crippen molar-refractivity contribution in [3.05, 3.63) is 23.9 Å². The number of hydrogen-bond acceptors (Lipinski definition) is 4. The molecule has 0 aromatic carbocycles. The first-order valence-corrected chi connectivity index (χ1v) is 5.21. The number of aliphatic hydroxyl groups excluding tert-OH is 1. The van der Waals surface area contributed by atoms with Crippen LogP contribution in [0.1, 0.15) is 25.5 Å². The number of pyridine rings is 1. The van der Waals surface area contributed by atoms with E-state index in [2.05, 4.69) is 4.98 Å². The number of carbonyl (C=O) groups excluding carboxylic acids is 1. The molecular formula is C11H17N3O2. The van der Waals surface area contributed by atoms with Gasteiger partial charge in [0, 0.05) is 12.7 Å². The molecule has 1 heterocycles. The van der Waals surface area contributed by atoms with E-state index in [4.69, 9.17) is 5.73 Å². The van der Waals surface area contributed by atoms with Crippen molar-refractivity contribution in [3.8, 4) is 0 Å². The maximum absolute atomic E-state index is 10.8. The molecule has 0 unspecified atom stereocenters. The zero-order chi connectivity index (χ0) is 12.1. The second-order valence-electron chi connectivity index (χ2n) is 3.61. The summed E-state index contributed by atoms with van der Waals surface area (Å²) in [6.07, 6.45) is 1.07. The van der Waals surface area contributed by atoms with E-state index in [1.807, 2.05) is 6.92 Å². The summed E-state index contributed by atoms with van der Waals surface area (Å²) in [5.41, 5.74) is 5.88. The highest BCUT2D eigenvalue weighted by Crippen LogP contribution is 2.15. The minimum Gasteiger partial charge on any atom is -0.389 e. The van der Waals surface area contributed by atoms with Crippen LogP contribution in [0.2, 0.25) is 0 Å². The molecule has 0 saturated heterocycles. The van der Waals surface area contributed by atoms with Crippen molar-refractivity contribution in [2.75, 3.05) is 18.0 Å². The predicted molar refractivity (Wildman–Crippen MR) is 62.0 cm³/mol. The van der Waals surface area contributed by atoms with Crippen LogP contribution in [0.25, 0.3) is 0 Å². The van der Waals surface area contributed by atoms with E-state index in [9.17, 15) is 9.90 Å². The minimum atomic E-state index is -0.534. The van der Waals surface area contributed by atoms with Gasteiger partial charge in [-0.15, -0.1) is 0 Å². The Bertz CT molecular complexity index is 349. The molecule has 0 fully saturated rings. The quantitative estimate of drug-likeness (QED) is 0.759.